The summed E-state index contributed by atoms with van der Waals surface area (Å²) in [5.74, 6) is 0.896. The van der Waals surface area contributed by atoms with Crippen molar-refractivity contribution in [1.82, 2.24) is 0 Å². The number of methoxy groups -OCH3 is 2. The highest BCUT2D eigenvalue weighted by atomic mass is 16.5. The van der Waals surface area contributed by atoms with E-state index in [9.17, 15) is 0 Å². The van der Waals surface area contributed by atoms with Crippen LogP contribution in [0.1, 0.15) is 12.5 Å². The van der Waals surface area contributed by atoms with E-state index in [1.165, 1.54) is 5.56 Å². The smallest absolute Gasteiger partial charge is 0.142 e. The van der Waals surface area contributed by atoms with Crippen LogP contribution in [0.15, 0.2) is 18.2 Å². The Bertz CT molecular complexity index is 306. The summed E-state index contributed by atoms with van der Waals surface area (Å²) >= 11 is 0. The number of carbonyl (C=O) groups is 2. The molecule has 0 unspecified atom stereocenters. The lowest BCUT2D eigenvalue weighted by molar-refractivity contribution is -0.0987. The van der Waals surface area contributed by atoms with Crippen LogP contribution < -0.4 is 15.8 Å². The number of nitrogens with two attached hydrogens (primary N) is 1. The van der Waals surface area contributed by atoms with Crippen LogP contribution >= 0.6 is 0 Å². The van der Waals surface area contributed by atoms with Crippen molar-refractivity contribution in [2.75, 3.05) is 40.2 Å². The minimum absolute atomic E-state index is 0.750. The molecule has 21 heavy (non-hydrogen) atoms. The third kappa shape index (κ3) is 20.6. The zero-order valence-corrected chi connectivity index (χ0v) is 14.1. The molecule has 6 heteroatoms. The van der Waals surface area contributed by atoms with Gasteiger partial charge in [0.15, 0.2) is 0 Å². The largest absolute Gasteiger partial charge is 0.495 e. The second-order valence-electron chi connectivity index (χ2n) is 3.27. The first-order valence-corrected chi connectivity index (χ1v) is 6.11. The summed E-state index contributed by atoms with van der Waals surface area (Å²) in [6.07, 6.45) is 0. The third-order valence-corrected chi connectivity index (χ3v) is 1.63. The summed E-state index contributed by atoms with van der Waals surface area (Å²) in [5, 5.41) is 3.05. The maximum Gasteiger partial charge on any atom is 0.142 e. The third-order valence-electron chi connectivity index (χ3n) is 1.63. The minimum atomic E-state index is 0.750. The molecule has 0 amide bonds. The van der Waals surface area contributed by atoms with Crippen LogP contribution in [0.5, 0.6) is 5.75 Å². The Morgan fingerprint density at radius 1 is 1.14 bits per heavy atom. The standard InChI is InChI=1S/C9H13NO.C2H7N.C2H6O.2CH2O/c1-7-4-5-8(10-2)9(6-7)11-3;1-2-3;1-3-2;2*1-2/h4-6,10H,1-3H3;2-3H2,1H3;1-2H3;2*1H2. The number of hydrogen-bond acceptors (Lipinski definition) is 6. The van der Waals surface area contributed by atoms with E-state index >= 15 is 0 Å². The molecule has 0 spiro atoms. The highest BCUT2D eigenvalue weighted by Crippen LogP contribution is 2.24. The zero-order chi connectivity index (χ0) is 17.7. The lowest BCUT2D eigenvalue weighted by Gasteiger charge is -2.07. The van der Waals surface area contributed by atoms with Gasteiger partial charge in [-0.25, -0.2) is 0 Å². The Hall–Kier alpha value is -1.92. The van der Waals surface area contributed by atoms with Crippen molar-refractivity contribution in [1.29, 1.82) is 0 Å². The molecule has 6 nitrogen and oxygen atoms in total. The number of benzene rings is 1. The SMILES string of the molecule is C=O.C=O.CCN.CNc1ccc(C)cc1OC.COC. The molecule has 1 aromatic rings. The second-order valence-corrected chi connectivity index (χ2v) is 3.27. The summed E-state index contributed by atoms with van der Waals surface area (Å²) < 4.78 is 9.40. The normalized spacial score (nSPS) is 7.00. The molecule has 3 N–H and O–H groups in total. The van der Waals surface area contributed by atoms with Crippen molar-refractivity contribution < 1.29 is 19.1 Å². The molecule has 0 saturated heterocycles. The molecule has 1 rings (SSSR count). The van der Waals surface area contributed by atoms with Gasteiger partial charge in [-0.05, 0) is 31.2 Å². The Morgan fingerprint density at radius 2 is 1.52 bits per heavy atom. The van der Waals surface area contributed by atoms with Crippen molar-refractivity contribution in [3.05, 3.63) is 23.8 Å². The fourth-order valence-electron chi connectivity index (χ4n) is 1.00. The van der Waals surface area contributed by atoms with E-state index in [0.717, 1.165) is 18.0 Å². The van der Waals surface area contributed by atoms with E-state index in [1.54, 1.807) is 21.3 Å². The number of ether oxygens (including phenoxy) is 2. The van der Waals surface area contributed by atoms with Gasteiger partial charge in [-0.3, -0.25) is 0 Å². The first kappa shape index (κ1) is 27.4. The fourth-order valence-corrected chi connectivity index (χ4v) is 1.00. The first-order chi connectivity index (χ1) is 10.1. The Kier molecular flexibility index (Phi) is 34.7. The van der Waals surface area contributed by atoms with Crippen molar-refractivity contribution >= 4 is 19.3 Å². The van der Waals surface area contributed by atoms with Gasteiger partial charge in [-0.1, -0.05) is 13.0 Å². The van der Waals surface area contributed by atoms with E-state index < -0.39 is 0 Å². The molecule has 0 radical (unpaired) electrons. The number of nitrogens with one attached hydrogen (secondary N) is 1. The molecule has 0 bridgehead atoms. The van der Waals surface area contributed by atoms with Gasteiger partial charge in [-0.15, -0.1) is 0 Å². The number of anilines is 1. The maximum absolute atomic E-state index is 8.00. The Balaban J connectivity index is -0.000000121. The maximum atomic E-state index is 8.00. The van der Waals surface area contributed by atoms with Crippen LogP contribution in [0.2, 0.25) is 0 Å². The van der Waals surface area contributed by atoms with Gasteiger partial charge in [-0.2, -0.15) is 0 Å². The number of hydrogen-bond donors (Lipinski definition) is 2. The van der Waals surface area contributed by atoms with Crippen LogP contribution in [-0.2, 0) is 14.3 Å². The summed E-state index contributed by atoms with van der Waals surface area (Å²) in [6.45, 7) is 8.70. The van der Waals surface area contributed by atoms with Crippen LogP contribution in [0.25, 0.3) is 0 Å². The molecule has 124 valence electrons. The van der Waals surface area contributed by atoms with E-state index in [0.29, 0.717) is 0 Å². The number of rotatable bonds is 2. The second kappa shape index (κ2) is 26.6. The highest BCUT2D eigenvalue weighted by Gasteiger charge is 1.98. The minimum Gasteiger partial charge on any atom is -0.495 e. The van der Waals surface area contributed by atoms with Crippen LogP contribution in [0, 0.1) is 6.92 Å². The highest BCUT2D eigenvalue weighted by molar-refractivity contribution is 5.57. The average molecular weight is 302 g/mol. The molecule has 0 aliphatic carbocycles. The summed E-state index contributed by atoms with van der Waals surface area (Å²) in [6, 6.07) is 6.06. The predicted octanol–water partition coefficient (Wildman–Crippen LogP) is 1.90. The number of carbonyl (C=O) groups excluding carboxylic acids is 2. The lowest BCUT2D eigenvalue weighted by Crippen LogP contribution is -1.93. The summed E-state index contributed by atoms with van der Waals surface area (Å²) in [5.41, 5.74) is 7.08. The van der Waals surface area contributed by atoms with Crippen molar-refractivity contribution in [2.45, 2.75) is 13.8 Å². The van der Waals surface area contributed by atoms with Gasteiger partial charge in [0.05, 0.1) is 12.8 Å². The van der Waals surface area contributed by atoms with Crippen molar-refractivity contribution in [3.63, 3.8) is 0 Å². The van der Waals surface area contributed by atoms with Gasteiger partial charge >= 0.3 is 0 Å². The molecule has 0 heterocycles. The summed E-state index contributed by atoms with van der Waals surface area (Å²) in [4.78, 5) is 16.0. The molecule has 0 atom stereocenters. The quantitative estimate of drug-likeness (QED) is 0.867. The van der Waals surface area contributed by atoms with Gasteiger partial charge in [0.2, 0.25) is 0 Å². The topological polar surface area (TPSA) is 90.7 Å². The first-order valence-electron chi connectivity index (χ1n) is 6.11. The molecule has 0 saturated carbocycles. The molecular weight excluding hydrogens is 272 g/mol. The molecular formula is C15H30N2O4. The molecule has 0 aromatic heterocycles. The van der Waals surface area contributed by atoms with Crippen LogP contribution in [0.4, 0.5) is 5.69 Å². The molecule has 0 aliphatic heterocycles. The number of aryl methyl sites for hydroxylation is 1. The fraction of sp³-hybridized carbons (Fsp3) is 0.467. The van der Waals surface area contributed by atoms with E-state index in [2.05, 4.69) is 10.1 Å². The van der Waals surface area contributed by atoms with Gasteiger partial charge in [0.1, 0.15) is 19.3 Å². The van der Waals surface area contributed by atoms with Crippen molar-refractivity contribution in [3.8, 4) is 5.75 Å². The lowest BCUT2D eigenvalue weighted by atomic mass is 10.2. The van der Waals surface area contributed by atoms with E-state index in [-0.39, 0.29) is 0 Å². The van der Waals surface area contributed by atoms with E-state index in [4.69, 9.17) is 20.1 Å². The van der Waals surface area contributed by atoms with Gasteiger partial charge < -0.3 is 30.1 Å². The molecule has 0 fully saturated rings. The molecule has 1 aromatic carbocycles. The monoisotopic (exact) mass is 302 g/mol. The van der Waals surface area contributed by atoms with Gasteiger partial charge in [0, 0.05) is 21.3 Å². The summed E-state index contributed by atoms with van der Waals surface area (Å²) in [7, 11) is 6.81. The van der Waals surface area contributed by atoms with Crippen LogP contribution in [0.3, 0.4) is 0 Å². The zero-order valence-electron chi connectivity index (χ0n) is 14.1. The van der Waals surface area contributed by atoms with Gasteiger partial charge in [0.25, 0.3) is 0 Å². The Morgan fingerprint density at radius 3 is 1.81 bits per heavy atom. The predicted molar refractivity (Wildman–Crippen MR) is 89.2 cm³/mol. The molecule has 0 aliphatic rings. The van der Waals surface area contributed by atoms with Crippen LogP contribution in [-0.4, -0.2) is 48.5 Å². The average Bonchev–Trinajstić information content (AvgIpc) is 2.52. The van der Waals surface area contributed by atoms with E-state index in [1.807, 2.05) is 52.7 Å². The Labute approximate surface area is 128 Å². The van der Waals surface area contributed by atoms with Crippen molar-refractivity contribution in [2.24, 2.45) is 5.73 Å².